The van der Waals surface area contributed by atoms with E-state index in [1.807, 2.05) is 42.0 Å². The molecule has 0 amide bonds. The minimum absolute atomic E-state index is 0.638. The number of para-hydroxylation sites is 1. The standard InChI is InChI=1S/C15H15N3OS/c1-10-7-12-14(16-8-10)18(15(20)17-12)9-11-5-3-4-6-13(11)19-2/h3-8H,9H2,1-2H3,(H,17,20). The Morgan fingerprint density at radius 2 is 2.15 bits per heavy atom. The molecule has 20 heavy (non-hydrogen) atoms. The van der Waals surface area contributed by atoms with E-state index in [1.165, 1.54) is 0 Å². The molecule has 3 rings (SSSR count). The van der Waals surface area contributed by atoms with E-state index in [9.17, 15) is 0 Å². The highest BCUT2D eigenvalue weighted by atomic mass is 32.1. The number of nitrogens with zero attached hydrogens (tertiary/aromatic N) is 2. The van der Waals surface area contributed by atoms with E-state index in [0.29, 0.717) is 11.3 Å². The number of rotatable bonds is 3. The van der Waals surface area contributed by atoms with E-state index in [-0.39, 0.29) is 0 Å². The van der Waals surface area contributed by atoms with Gasteiger partial charge in [0.05, 0.1) is 19.2 Å². The van der Waals surface area contributed by atoms with Crippen LogP contribution in [0.25, 0.3) is 11.2 Å². The lowest BCUT2D eigenvalue weighted by molar-refractivity contribution is 0.408. The van der Waals surface area contributed by atoms with Gasteiger partial charge in [-0.1, -0.05) is 18.2 Å². The normalized spacial score (nSPS) is 10.9. The molecule has 0 saturated carbocycles. The predicted molar refractivity (Wildman–Crippen MR) is 81.8 cm³/mol. The van der Waals surface area contributed by atoms with E-state index in [2.05, 4.69) is 16.0 Å². The summed E-state index contributed by atoms with van der Waals surface area (Å²) in [5, 5.41) is 0. The minimum Gasteiger partial charge on any atom is -0.496 e. The maximum absolute atomic E-state index is 5.40. The van der Waals surface area contributed by atoms with Crippen molar-refractivity contribution < 1.29 is 4.74 Å². The molecule has 5 heteroatoms. The van der Waals surface area contributed by atoms with Crippen LogP contribution in [0.2, 0.25) is 0 Å². The van der Waals surface area contributed by atoms with Gasteiger partial charge in [-0.3, -0.25) is 4.57 Å². The lowest BCUT2D eigenvalue weighted by atomic mass is 10.2. The zero-order valence-electron chi connectivity index (χ0n) is 11.4. The first-order chi connectivity index (χ1) is 9.69. The summed E-state index contributed by atoms with van der Waals surface area (Å²) in [5.74, 6) is 0.857. The fraction of sp³-hybridized carbons (Fsp3) is 0.200. The largest absolute Gasteiger partial charge is 0.496 e. The average Bonchev–Trinajstić information content (AvgIpc) is 2.75. The highest BCUT2D eigenvalue weighted by Crippen LogP contribution is 2.21. The molecular weight excluding hydrogens is 270 g/mol. The van der Waals surface area contributed by atoms with Crippen LogP contribution in [0.4, 0.5) is 0 Å². The van der Waals surface area contributed by atoms with Crippen molar-refractivity contribution >= 4 is 23.4 Å². The van der Waals surface area contributed by atoms with Gasteiger partial charge in [-0.05, 0) is 36.8 Å². The number of ether oxygens (including phenoxy) is 1. The summed E-state index contributed by atoms with van der Waals surface area (Å²) in [6.45, 7) is 2.65. The third kappa shape index (κ3) is 2.20. The topological polar surface area (TPSA) is 42.8 Å². The third-order valence-electron chi connectivity index (χ3n) is 3.27. The van der Waals surface area contributed by atoms with Crippen LogP contribution in [-0.4, -0.2) is 21.6 Å². The van der Waals surface area contributed by atoms with E-state index in [0.717, 1.165) is 28.0 Å². The molecule has 0 atom stereocenters. The van der Waals surface area contributed by atoms with Crippen molar-refractivity contribution in [2.45, 2.75) is 13.5 Å². The van der Waals surface area contributed by atoms with Crippen LogP contribution < -0.4 is 4.74 Å². The number of benzene rings is 1. The smallest absolute Gasteiger partial charge is 0.179 e. The minimum atomic E-state index is 0.638. The van der Waals surface area contributed by atoms with Gasteiger partial charge < -0.3 is 9.72 Å². The Morgan fingerprint density at radius 1 is 1.35 bits per heavy atom. The number of methoxy groups -OCH3 is 1. The Hall–Kier alpha value is -2.14. The Bertz CT molecular complexity index is 819. The van der Waals surface area contributed by atoms with Crippen molar-refractivity contribution in [2.24, 2.45) is 0 Å². The van der Waals surface area contributed by atoms with Crippen molar-refractivity contribution in [2.75, 3.05) is 7.11 Å². The van der Waals surface area contributed by atoms with Crippen molar-refractivity contribution in [3.05, 3.63) is 52.4 Å². The molecule has 0 saturated heterocycles. The van der Waals surface area contributed by atoms with E-state index >= 15 is 0 Å². The van der Waals surface area contributed by atoms with Crippen LogP contribution in [0, 0.1) is 11.7 Å². The number of hydrogen-bond acceptors (Lipinski definition) is 3. The fourth-order valence-corrected chi connectivity index (χ4v) is 2.56. The molecule has 0 aliphatic carbocycles. The van der Waals surface area contributed by atoms with Gasteiger partial charge in [0.15, 0.2) is 10.4 Å². The quantitative estimate of drug-likeness (QED) is 0.749. The van der Waals surface area contributed by atoms with Gasteiger partial charge in [0.25, 0.3) is 0 Å². The molecule has 2 aromatic heterocycles. The molecule has 0 bridgehead atoms. The highest BCUT2D eigenvalue weighted by molar-refractivity contribution is 7.71. The summed E-state index contributed by atoms with van der Waals surface area (Å²) in [6.07, 6.45) is 1.85. The number of aromatic nitrogens is 3. The molecule has 0 radical (unpaired) electrons. The molecule has 0 fully saturated rings. The number of imidazole rings is 1. The van der Waals surface area contributed by atoms with Crippen molar-refractivity contribution in [1.29, 1.82) is 0 Å². The number of aromatic amines is 1. The lowest BCUT2D eigenvalue weighted by Crippen LogP contribution is -2.02. The van der Waals surface area contributed by atoms with Crippen molar-refractivity contribution in [1.82, 2.24) is 14.5 Å². The van der Waals surface area contributed by atoms with Gasteiger partial charge in [-0.15, -0.1) is 0 Å². The summed E-state index contributed by atoms with van der Waals surface area (Å²) in [7, 11) is 1.68. The fourth-order valence-electron chi connectivity index (χ4n) is 2.30. The van der Waals surface area contributed by atoms with E-state index in [4.69, 9.17) is 17.0 Å². The predicted octanol–water partition coefficient (Wildman–Crippen LogP) is 3.46. The summed E-state index contributed by atoms with van der Waals surface area (Å²) >= 11 is 5.40. The van der Waals surface area contributed by atoms with Gasteiger partial charge in [0.2, 0.25) is 0 Å². The third-order valence-corrected chi connectivity index (χ3v) is 3.59. The monoisotopic (exact) mass is 285 g/mol. The zero-order valence-corrected chi connectivity index (χ0v) is 12.2. The second kappa shape index (κ2) is 5.09. The summed E-state index contributed by atoms with van der Waals surface area (Å²) in [5.41, 5.74) is 4.02. The van der Waals surface area contributed by atoms with Crippen LogP contribution in [0.1, 0.15) is 11.1 Å². The Kier molecular flexibility index (Phi) is 3.28. The van der Waals surface area contributed by atoms with Crippen LogP contribution in [0.5, 0.6) is 5.75 Å². The Balaban J connectivity index is 2.11. The maximum atomic E-state index is 5.40. The zero-order chi connectivity index (χ0) is 14.1. The van der Waals surface area contributed by atoms with Gasteiger partial charge in [-0.2, -0.15) is 0 Å². The average molecular weight is 285 g/mol. The van der Waals surface area contributed by atoms with Crippen LogP contribution in [0.15, 0.2) is 36.5 Å². The molecule has 1 aromatic carbocycles. The molecule has 0 unspecified atom stereocenters. The number of hydrogen-bond donors (Lipinski definition) is 1. The highest BCUT2D eigenvalue weighted by Gasteiger charge is 2.09. The van der Waals surface area contributed by atoms with Gasteiger partial charge in [0, 0.05) is 11.8 Å². The molecule has 0 aliphatic heterocycles. The molecule has 102 valence electrons. The number of aryl methyl sites for hydroxylation is 1. The molecular formula is C15H15N3OS. The summed E-state index contributed by atoms with van der Waals surface area (Å²) < 4.78 is 8.05. The molecule has 1 N–H and O–H groups in total. The molecule has 4 nitrogen and oxygen atoms in total. The maximum Gasteiger partial charge on any atom is 0.179 e. The SMILES string of the molecule is COc1ccccc1Cn1c(=S)[nH]c2cc(C)cnc21. The lowest BCUT2D eigenvalue weighted by Gasteiger charge is -2.09. The molecule has 0 aliphatic rings. The molecule has 0 spiro atoms. The van der Waals surface area contributed by atoms with Crippen LogP contribution in [-0.2, 0) is 6.54 Å². The Morgan fingerprint density at radius 3 is 2.95 bits per heavy atom. The van der Waals surface area contributed by atoms with Gasteiger partial charge in [0.1, 0.15) is 5.75 Å². The second-order valence-electron chi connectivity index (χ2n) is 4.71. The molecule has 3 aromatic rings. The van der Waals surface area contributed by atoms with Crippen molar-refractivity contribution in [3.8, 4) is 5.75 Å². The first-order valence-electron chi connectivity index (χ1n) is 6.36. The van der Waals surface area contributed by atoms with Crippen LogP contribution in [0.3, 0.4) is 0 Å². The second-order valence-corrected chi connectivity index (χ2v) is 5.10. The van der Waals surface area contributed by atoms with Gasteiger partial charge in [-0.25, -0.2) is 4.98 Å². The summed E-state index contributed by atoms with van der Waals surface area (Å²) in [4.78, 5) is 7.68. The number of pyridine rings is 1. The van der Waals surface area contributed by atoms with Crippen LogP contribution >= 0.6 is 12.2 Å². The first kappa shape index (κ1) is 12.9. The Labute approximate surface area is 122 Å². The van der Waals surface area contributed by atoms with Gasteiger partial charge >= 0.3 is 0 Å². The molecule has 2 heterocycles. The van der Waals surface area contributed by atoms with E-state index < -0.39 is 0 Å². The van der Waals surface area contributed by atoms with E-state index in [1.54, 1.807) is 7.11 Å². The number of H-pyrrole nitrogens is 1. The first-order valence-corrected chi connectivity index (χ1v) is 6.77. The number of nitrogens with one attached hydrogen (secondary N) is 1. The number of fused-ring (bicyclic) bond motifs is 1. The summed E-state index contributed by atoms with van der Waals surface area (Å²) in [6, 6.07) is 9.99. The van der Waals surface area contributed by atoms with Crippen molar-refractivity contribution in [3.63, 3.8) is 0 Å².